The molecule has 0 saturated carbocycles. The maximum atomic E-state index is 12.9. The molecule has 1 N–H and O–H groups in total. The van der Waals surface area contributed by atoms with Crippen molar-refractivity contribution < 1.29 is 13.2 Å². The molecular formula is C20H24N2O3S. The molecule has 1 amide bonds. The summed E-state index contributed by atoms with van der Waals surface area (Å²) in [7, 11) is -3.50. The fraction of sp³-hybridized carbons (Fsp3) is 0.350. The van der Waals surface area contributed by atoms with E-state index in [-0.39, 0.29) is 16.8 Å². The molecule has 0 radical (unpaired) electrons. The summed E-state index contributed by atoms with van der Waals surface area (Å²) in [5.41, 5.74) is 1.75. The Bertz CT molecular complexity index is 848. The van der Waals surface area contributed by atoms with Crippen LogP contribution >= 0.6 is 0 Å². The minimum atomic E-state index is -3.50. The molecule has 1 aliphatic rings. The second-order valence-corrected chi connectivity index (χ2v) is 8.28. The lowest BCUT2D eigenvalue weighted by Gasteiger charge is -2.25. The van der Waals surface area contributed by atoms with Crippen molar-refractivity contribution in [1.82, 2.24) is 9.62 Å². The molecule has 0 bridgehead atoms. The standard InChI is InChI=1S/C20H24N2O3S/c1-2-21-26(24,25)19-12-10-17(11-13-19)20(23)22-14-6-9-18(22)15-16-7-4-3-5-8-16/h3-5,7-8,10-13,18,21H,2,6,9,14-15H2,1H3/t18-/m1/s1. The average Bonchev–Trinajstić information content (AvgIpc) is 3.10. The van der Waals surface area contributed by atoms with E-state index in [4.69, 9.17) is 0 Å². The number of amides is 1. The minimum absolute atomic E-state index is 0.0316. The molecule has 3 rings (SSSR count). The third-order valence-electron chi connectivity index (χ3n) is 4.70. The smallest absolute Gasteiger partial charge is 0.254 e. The first-order valence-corrected chi connectivity index (χ1v) is 10.4. The van der Waals surface area contributed by atoms with Gasteiger partial charge < -0.3 is 4.90 Å². The Labute approximate surface area is 155 Å². The number of likely N-dealkylation sites (tertiary alicyclic amines) is 1. The number of carbonyl (C=O) groups excluding carboxylic acids is 1. The van der Waals surface area contributed by atoms with Gasteiger partial charge in [-0.3, -0.25) is 4.79 Å². The number of nitrogens with zero attached hydrogens (tertiary/aromatic N) is 1. The summed E-state index contributed by atoms with van der Waals surface area (Å²) in [6.07, 6.45) is 2.84. The summed E-state index contributed by atoms with van der Waals surface area (Å²) in [5, 5.41) is 0. The lowest BCUT2D eigenvalue weighted by Crippen LogP contribution is -2.36. The fourth-order valence-corrected chi connectivity index (χ4v) is 4.46. The Morgan fingerprint density at radius 1 is 1.12 bits per heavy atom. The quantitative estimate of drug-likeness (QED) is 0.848. The van der Waals surface area contributed by atoms with E-state index in [1.807, 2.05) is 23.1 Å². The van der Waals surface area contributed by atoms with Crippen LogP contribution in [0.1, 0.15) is 35.7 Å². The molecule has 6 heteroatoms. The van der Waals surface area contributed by atoms with Crippen LogP contribution in [0.5, 0.6) is 0 Å². The Morgan fingerprint density at radius 2 is 1.81 bits per heavy atom. The Balaban J connectivity index is 1.74. The summed E-state index contributed by atoms with van der Waals surface area (Å²) < 4.78 is 26.5. The number of benzene rings is 2. The molecule has 0 unspecified atom stereocenters. The molecule has 26 heavy (non-hydrogen) atoms. The Morgan fingerprint density at radius 3 is 2.46 bits per heavy atom. The molecule has 2 aromatic carbocycles. The Kier molecular flexibility index (Phi) is 5.74. The molecule has 0 aromatic heterocycles. The zero-order chi connectivity index (χ0) is 18.6. The summed E-state index contributed by atoms with van der Waals surface area (Å²) >= 11 is 0. The molecule has 1 saturated heterocycles. The SMILES string of the molecule is CCNS(=O)(=O)c1ccc(C(=O)N2CCC[C@@H]2Cc2ccccc2)cc1. The molecule has 0 spiro atoms. The van der Waals surface area contributed by atoms with Crippen molar-refractivity contribution >= 4 is 15.9 Å². The average molecular weight is 372 g/mol. The number of carbonyl (C=O) groups is 1. The van der Waals surface area contributed by atoms with Gasteiger partial charge in [0.25, 0.3) is 5.91 Å². The van der Waals surface area contributed by atoms with E-state index in [1.165, 1.54) is 17.7 Å². The van der Waals surface area contributed by atoms with Gasteiger partial charge in [-0.05, 0) is 49.1 Å². The molecule has 138 valence electrons. The fourth-order valence-electron chi connectivity index (χ4n) is 3.42. The van der Waals surface area contributed by atoms with Gasteiger partial charge in [0.2, 0.25) is 10.0 Å². The second-order valence-electron chi connectivity index (χ2n) is 6.51. The van der Waals surface area contributed by atoms with Gasteiger partial charge in [-0.15, -0.1) is 0 Å². The van der Waals surface area contributed by atoms with Crippen LogP contribution in [0.25, 0.3) is 0 Å². The van der Waals surface area contributed by atoms with Crippen LogP contribution in [0, 0.1) is 0 Å². The van der Waals surface area contributed by atoms with Crippen molar-refractivity contribution in [3.63, 3.8) is 0 Å². The zero-order valence-corrected chi connectivity index (χ0v) is 15.7. The maximum absolute atomic E-state index is 12.9. The molecule has 2 aromatic rings. The molecular weight excluding hydrogens is 348 g/mol. The third-order valence-corrected chi connectivity index (χ3v) is 6.26. The monoisotopic (exact) mass is 372 g/mol. The number of hydrogen-bond acceptors (Lipinski definition) is 3. The highest BCUT2D eigenvalue weighted by atomic mass is 32.2. The van der Waals surface area contributed by atoms with Crippen molar-refractivity contribution in [2.45, 2.75) is 37.1 Å². The van der Waals surface area contributed by atoms with Crippen LogP contribution in [0.2, 0.25) is 0 Å². The van der Waals surface area contributed by atoms with Crippen molar-refractivity contribution in [2.24, 2.45) is 0 Å². The maximum Gasteiger partial charge on any atom is 0.254 e. The number of sulfonamides is 1. The number of hydrogen-bond donors (Lipinski definition) is 1. The highest BCUT2D eigenvalue weighted by Crippen LogP contribution is 2.24. The van der Waals surface area contributed by atoms with E-state index in [2.05, 4.69) is 16.9 Å². The van der Waals surface area contributed by atoms with Gasteiger partial charge in [0.15, 0.2) is 0 Å². The minimum Gasteiger partial charge on any atom is -0.335 e. The molecule has 1 atom stereocenters. The highest BCUT2D eigenvalue weighted by Gasteiger charge is 2.29. The van der Waals surface area contributed by atoms with E-state index in [0.717, 1.165) is 25.8 Å². The zero-order valence-electron chi connectivity index (χ0n) is 14.9. The van der Waals surface area contributed by atoms with Crippen LogP contribution in [0.4, 0.5) is 0 Å². The van der Waals surface area contributed by atoms with Crippen LogP contribution in [-0.4, -0.2) is 38.4 Å². The van der Waals surface area contributed by atoms with Crippen molar-refractivity contribution in [1.29, 1.82) is 0 Å². The highest BCUT2D eigenvalue weighted by molar-refractivity contribution is 7.89. The molecule has 0 aliphatic carbocycles. The summed E-state index contributed by atoms with van der Waals surface area (Å²) in [4.78, 5) is 15.0. The van der Waals surface area contributed by atoms with E-state index in [0.29, 0.717) is 12.1 Å². The van der Waals surface area contributed by atoms with E-state index in [1.54, 1.807) is 19.1 Å². The van der Waals surface area contributed by atoms with Gasteiger partial charge in [-0.25, -0.2) is 13.1 Å². The summed E-state index contributed by atoms with van der Waals surface area (Å²) in [6.45, 7) is 2.81. The van der Waals surface area contributed by atoms with Crippen molar-refractivity contribution in [3.05, 3.63) is 65.7 Å². The first-order valence-electron chi connectivity index (χ1n) is 8.96. The largest absolute Gasteiger partial charge is 0.335 e. The molecule has 1 fully saturated rings. The van der Waals surface area contributed by atoms with E-state index in [9.17, 15) is 13.2 Å². The molecule has 5 nitrogen and oxygen atoms in total. The predicted octanol–water partition coefficient (Wildman–Crippen LogP) is 2.83. The second kappa shape index (κ2) is 8.01. The summed E-state index contributed by atoms with van der Waals surface area (Å²) in [5.74, 6) is -0.0316. The van der Waals surface area contributed by atoms with Gasteiger partial charge in [0, 0.05) is 24.7 Å². The normalized spacial score (nSPS) is 17.4. The molecule has 1 heterocycles. The lowest BCUT2D eigenvalue weighted by molar-refractivity contribution is 0.0736. The van der Waals surface area contributed by atoms with Gasteiger partial charge in [-0.1, -0.05) is 37.3 Å². The van der Waals surface area contributed by atoms with Crippen LogP contribution < -0.4 is 4.72 Å². The van der Waals surface area contributed by atoms with Gasteiger partial charge >= 0.3 is 0 Å². The first kappa shape index (κ1) is 18.6. The van der Waals surface area contributed by atoms with E-state index < -0.39 is 10.0 Å². The van der Waals surface area contributed by atoms with Gasteiger partial charge in [-0.2, -0.15) is 0 Å². The third kappa shape index (κ3) is 4.14. The van der Waals surface area contributed by atoms with Gasteiger partial charge in [0.05, 0.1) is 4.90 Å². The van der Waals surface area contributed by atoms with Gasteiger partial charge in [0.1, 0.15) is 0 Å². The molecule has 1 aliphatic heterocycles. The van der Waals surface area contributed by atoms with Crippen LogP contribution in [0.15, 0.2) is 59.5 Å². The Hall–Kier alpha value is -2.18. The van der Waals surface area contributed by atoms with Crippen LogP contribution in [-0.2, 0) is 16.4 Å². The van der Waals surface area contributed by atoms with Crippen molar-refractivity contribution in [3.8, 4) is 0 Å². The van der Waals surface area contributed by atoms with Crippen LogP contribution in [0.3, 0.4) is 0 Å². The first-order chi connectivity index (χ1) is 12.5. The number of rotatable bonds is 6. The lowest BCUT2D eigenvalue weighted by atomic mass is 10.0. The van der Waals surface area contributed by atoms with E-state index >= 15 is 0 Å². The summed E-state index contributed by atoms with van der Waals surface area (Å²) in [6, 6.07) is 16.6. The number of nitrogens with one attached hydrogen (secondary N) is 1. The predicted molar refractivity (Wildman–Crippen MR) is 102 cm³/mol. The topological polar surface area (TPSA) is 66.5 Å². The van der Waals surface area contributed by atoms with Crippen molar-refractivity contribution in [2.75, 3.05) is 13.1 Å².